The fourth-order valence-corrected chi connectivity index (χ4v) is 8.31. The fraction of sp³-hybridized carbons (Fsp3) is 0.0556. The van der Waals surface area contributed by atoms with E-state index in [9.17, 15) is 0 Å². The van der Waals surface area contributed by atoms with E-state index in [0.717, 1.165) is 6.42 Å². The van der Waals surface area contributed by atoms with E-state index in [2.05, 4.69) is 115 Å². The Kier molecular flexibility index (Phi) is 4.59. The quantitative estimate of drug-likeness (QED) is 0.250. The van der Waals surface area contributed by atoms with E-state index in [-0.39, 0.29) is 5.41 Å². The van der Waals surface area contributed by atoms with Crippen molar-refractivity contribution in [1.29, 1.82) is 0 Å². The zero-order valence-corrected chi connectivity index (χ0v) is 21.6. The van der Waals surface area contributed by atoms with Crippen molar-refractivity contribution >= 4 is 27.0 Å². The highest BCUT2D eigenvalue weighted by molar-refractivity contribution is 7.20. The largest absolute Gasteiger partial charge is 0.405 e. The minimum absolute atomic E-state index is 0.302. The molecule has 0 saturated heterocycles. The Labute approximate surface area is 226 Å². The molecule has 2 heteroatoms. The van der Waals surface area contributed by atoms with Crippen LogP contribution in [0.15, 0.2) is 133 Å². The van der Waals surface area contributed by atoms with Crippen LogP contribution in [0.4, 0.5) is 0 Å². The minimum atomic E-state index is -0.302. The number of nitrogens with two attached hydrogens (primary N) is 1. The van der Waals surface area contributed by atoms with Crippen LogP contribution in [0.3, 0.4) is 0 Å². The molecule has 3 aliphatic carbocycles. The molecule has 1 heterocycles. The van der Waals surface area contributed by atoms with Crippen LogP contribution >= 0.6 is 11.3 Å². The molecule has 1 aromatic heterocycles. The van der Waals surface area contributed by atoms with Gasteiger partial charge in [0.1, 0.15) is 0 Å². The average Bonchev–Trinajstić information content (AvgIpc) is 3.59. The van der Waals surface area contributed by atoms with Gasteiger partial charge in [-0.25, -0.2) is 0 Å². The van der Waals surface area contributed by atoms with Crippen LogP contribution in [-0.2, 0) is 5.41 Å². The molecule has 3 aliphatic rings. The molecule has 0 atom stereocenters. The predicted octanol–water partition coefficient (Wildman–Crippen LogP) is 8.99. The molecule has 0 bridgehead atoms. The maximum Gasteiger partial charge on any atom is 0.0819 e. The van der Waals surface area contributed by atoms with Crippen molar-refractivity contribution in [2.45, 2.75) is 11.8 Å². The summed E-state index contributed by atoms with van der Waals surface area (Å²) < 4.78 is 1.36. The van der Waals surface area contributed by atoms with Gasteiger partial charge >= 0.3 is 0 Å². The second kappa shape index (κ2) is 8.05. The van der Waals surface area contributed by atoms with Crippen molar-refractivity contribution in [3.8, 4) is 22.3 Å². The van der Waals surface area contributed by atoms with Gasteiger partial charge in [0.15, 0.2) is 0 Å². The van der Waals surface area contributed by atoms with Gasteiger partial charge in [-0.15, -0.1) is 11.3 Å². The highest BCUT2D eigenvalue weighted by Crippen LogP contribution is 2.66. The lowest BCUT2D eigenvalue weighted by Crippen LogP contribution is -2.25. The summed E-state index contributed by atoms with van der Waals surface area (Å²) in [5.41, 5.74) is 18.9. The van der Waals surface area contributed by atoms with Gasteiger partial charge in [-0.1, -0.05) is 103 Å². The summed E-state index contributed by atoms with van der Waals surface area (Å²) in [6.45, 7) is 0. The van der Waals surface area contributed by atoms with Crippen LogP contribution < -0.4 is 5.73 Å². The van der Waals surface area contributed by atoms with E-state index in [1.165, 1.54) is 70.6 Å². The Balaban J connectivity index is 1.44. The van der Waals surface area contributed by atoms with Crippen LogP contribution in [0.1, 0.15) is 33.6 Å². The molecule has 0 fully saturated rings. The lowest BCUT2D eigenvalue weighted by atomic mass is 9.73. The van der Waals surface area contributed by atoms with Gasteiger partial charge in [0.2, 0.25) is 0 Å². The second-order valence-electron chi connectivity index (χ2n) is 10.3. The first-order valence-corrected chi connectivity index (χ1v) is 13.9. The summed E-state index contributed by atoms with van der Waals surface area (Å²) in [5, 5.41) is 1.36. The smallest absolute Gasteiger partial charge is 0.0819 e. The van der Waals surface area contributed by atoms with Crippen LogP contribution in [0, 0.1) is 0 Å². The van der Waals surface area contributed by atoms with E-state index in [1.807, 2.05) is 17.4 Å². The fourth-order valence-electron chi connectivity index (χ4n) is 6.86. The summed E-state index contributed by atoms with van der Waals surface area (Å²) in [5.74, 6) is 0. The molecule has 180 valence electrons. The van der Waals surface area contributed by atoms with Crippen molar-refractivity contribution < 1.29 is 0 Å². The Morgan fingerprint density at radius 3 is 2.29 bits per heavy atom. The van der Waals surface area contributed by atoms with Gasteiger partial charge in [-0.2, -0.15) is 0 Å². The third-order valence-electron chi connectivity index (χ3n) is 8.38. The monoisotopic (exact) mass is 503 g/mol. The minimum Gasteiger partial charge on any atom is -0.405 e. The van der Waals surface area contributed by atoms with Gasteiger partial charge in [-0.3, -0.25) is 0 Å². The number of hydrogen-bond donors (Lipinski definition) is 1. The molecule has 5 aromatic rings. The topological polar surface area (TPSA) is 26.0 Å². The summed E-state index contributed by atoms with van der Waals surface area (Å²) in [4.78, 5) is 1.45. The number of hydrogen-bond acceptors (Lipinski definition) is 2. The average molecular weight is 504 g/mol. The van der Waals surface area contributed by atoms with Gasteiger partial charge in [0.05, 0.1) is 5.41 Å². The summed E-state index contributed by atoms with van der Waals surface area (Å²) in [7, 11) is 0. The molecular formula is C36H25NS. The third-order valence-corrected chi connectivity index (χ3v) is 9.67. The van der Waals surface area contributed by atoms with Gasteiger partial charge in [-0.05, 0) is 80.9 Å². The Bertz CT molecular complexity index is 1860. The first-order chi connectivity index (χ1) is 18.8. The first-order valence-electron chi connectivity index (χ1n) is 13.1. The van der Waals surface area contributed by atoms with Gasteiger partial charge in [0.25, 0.3) is 0 Å². The molecule has 0 radical (unpaired) electrons. The molecule has 2 N–H and O–H groups in total. The Morgan fingerprint density at radius 2 is 1.50 bits per heavy atom. The van der Waals surface area contributed by atoms with Crippen molar-refractivity contribution in [3.63, 3.8) is 0 Å². The van der Waals surface area contributed by atoms with E-state index in [4.69, 9.17) is 5.73 Å². The van der Waals surface area contributed by atoms with Gasteiger partial charge < -0.3 is 5.73 Å². The molecule has 0 saturated carbocycles. The Morgan fingerprint density at radius 1 is 0.763 bits per heavy atom. The van der Waals surface area contributed by atoms with E-state index in [1.54, 1.807) is 6.20 Å². The van der Waals surface area contributed by atoms with Crippen molar-refractivity contribution in [1.82, 2.24) is 0 Å². The molecule has 0 amide bonds. The SMILES string of the molecule is N/C=C\C=C1\C=CC=C(c2ccc3c(c2)C2(c4ccccc4-c4ccccc42)c2sc4ccccc4c2-3)C1. The number of thiophene rings is 1. The standard InChI is InChI=1S/C36H25NS/c37-20-8-10-23-9-7-11-24(21-23)25-18-19-28-32(22-25)36(35-34(28)29-14-3-6-17-33(29)38-35)30-15-4-1-12-26(30)27-13-2-5-16-31(27)36/h1-20,22H,21,37H2/b20-8-,23-10-. The molecule has 0 aliphatic heterocycles. The molecule has 38 heavy (non-hydrogen) atoms. The zero-order chi connectivity index (χ0) is 25.3. The second-order valence-corrected chi connectivity index (χ2v) is 11.3. The number of benzene rings is 4. The summed E-state index contributed by atoms with van der Waals surface area (Å²) in [6.07, 6.45) is 13.1. The highest BCUT2D eigenvalue weighted by Gasteiger charge is 2.53. The molecule has 4 aromatic carbocycles. The predicted molar refractivity (Wildman–Crippen MR) is 161 cm³/mol. The molecular weight excluding hydrogens is 478 g/mol. The van der Waals surface area contributed by atoms with Crippen LogP contribution in [0.2, 0.25) is 0 Å². The van der Waals surface area contributed by atoms with E-state index in [0.29, 0.717) is 0 Å². The lowest BCUT2D eigenvalue weighted by molar-refractivity contribution is 0.811. The number of allylic oxidation sites excluding steroid dienone is 7. The molecule has 0 unspecified atom stereocenters. The van der Waals surface area contributed by atoms with Crippen molar-refractivity contribution in [2.24, 2.45) is 5.73 Å². The van der Waals surface area contributed by atoms with Gasteiger partial charge in [0, 0.05) is 20.5 Å². The maximum absolute atomic E-state index is 5.61. The zero-order valence-electron chi connectivity index (χ0n) is 20.8. The normalized spacial score (nSPS) is 17.2. The maximum atomic E-state index is 5.61. The molecule has 1 nitrogen and oxygen atoms in total. The van der Waals surface area contributed by atoms with Crippen LogP contribution in [0.5, 0.6) is 0 Å². The van der Waals surface area contributed by atoms with Crippen LogP contribution in [-0.4, -0.2) is 0 Å². The number of fused-ring (bicyclic) bond motifs is 12. The molecule has 8 rings (SSSR count). The first kappa shape index (κ1) is 21.7. The Hall–Kier alpha value is -4.40. The highest BCUT2D eigenvalue weighted by atomic mass is 32.1. The summed E-state index contributed by atoms with van der Waals surface area (Å²) in [6, 6.07) is 34.2. The van der Waals surface area contributed by atoms with E-state index < -0.39 is 0 Å². The third kappa shape index (κ3) is 2.76. The molecule has 1 spiro atoms. The van der Waals surface area contributed by atoms with Crippen molar-refractivity contribution in [3.05, 3.63) is 160 Å². The lowest BCUT2D eigenvalue weighted by Gasteiger charge is -2.29. The number of rotatable bonds is 2. The summed E-state index contributed by atoms with van der Waals surface area (Å²) >= 11 is 1.96. The van der Waals surface area contributed by atoms with Crippen molar-refractivity contribution in [2.75, 3.05) is 0 Å². The van der Waals surface area contributed by atoms with Crippen LogP contribution in [0.25, 0.3) is 37.9 Å². The van der Waals surface area contributed by atoms with E-state index >= 15 is 0 Å².